The SMILES string of the molecule is CC(c1ccc(Oc2ccccc2)cc1)c1ccc2c(c1)Nc1ccccc1S2. The quantitative estimate of drug-likeness (QED) is 0.335. The molecule has 0 aromatic heterocycles. The molecule has 0 saturated carbocycles. The van der Waals surface area contributed by atoms with Gasteiger partial charge in [-0.3, -0.25) is 0 Å². The van der Waals surface area contributed by atoms with Gasteiger partial charge in [0.15, 0.2) is 0 Å². The minimum absolute atomic E-state index is 0.301. The van der Waals surface area contributed by atoms with Gasteiger partial charge in [0, 0.05) is 15.7 Å². The van der Waals surface area contributed by atoms with Crippen LogP contribution >= 0.6 is 11.8 Å². The largest absolute Gasteiger partial charge is 0.457 e. The molecule has 1 aliphatic heterocycles. The number of hydrogen-bond acceptors (Lipinski definition) is 3. The van der Waals surface area contributed by atoms with Crippen LogP contribution in [-0.4, -0.2) is 0 Å². The maximum absolute atomic E-state index is 5.91. The highest BCUT2D eigenvalue weighted by atomic mass is 32.2. The molecule has 1 N–H and O–H groups in total. The number of ether oxygens (including phenoxy) is 1. The molecule has 0 aliphatic carbocycles. The van der Waals surface area contributed by atoms with E-state index in [4.69, 9.17) is 4.74 Å². The molecule has 29 heavy (non-hydrogen) atoms. The van der Waals surface area contributed by atoms with Gasteiger partial charge in [-0.25, -0.2) is 0 Å². The number of fused-ring (bicyclic) bond motifs is 2. The van der Waals surface area contributed by atoms with Crippen molar-refractivity contribution in [3.8, 4) is 11.5 Å². The van der Waals surface area contributed by atoms with Crippen LogP contribution in [0.3, 0.4) is 0 Å². The lowest BCUT2D eigenvalue weighted by atomic mass is 9.93. The zero-order valence-electron chi connectivity index (χ0n) is 16.1. The van der Waals surface area contributed by atoms with Crippen LogP contribution in [0.25, 0.3) is 0 Å². The molecule has 5 rings (SSSR count). The van der Waals surface area contributed by atoms with Gasteiger partial charge >= 0.3 is 0 Å². The molecule has 4 aromatic carbocycles. The molecular weight excluding hydrogens is 374 g/mol. The summed E-state index contributed by atoms with van der Waals surface area (Å²) in [4.78, 5) is 2.54. The first-order valence-corrected chi connectivity index (χ1v) is 10.6. The molecule has 3 heteroatoms. The van der Waals surface area contributed by atoms with Crippen LogP contribution in [0.5, 0.6) is 11.5 Å². The number of para-hydroxylation sites is 2. The van der Waals surface area contributed by atoms with E-state index in [2.05, 4.69) is 66.8 Å². The van der Waals surface area contributed by atoms with E-state index in [1.807, 2.05) is 54.2 Å². The Bertz CT molecular complexity index is 1140. The summed E-state index contributed by atoms with van der Waals surface area (Å²) in [7, 11) is 0. The summed E-state index contributed by atoms with van der Waals surface area (Å²) in [6, 6.07) is 33.4. The fraction of sp³-hybridized carbons (Fsp3) is 0.0769. The van der Waals surface area contributed by atoms with Crippen molar-refractivity contribution in [3.63, 3.8) is 0 Å². The number of nitrogens with one attached hydrogen (secondary N) is 1. The molecule has 0 spiro atoms. The van der Waals surface area contributed by atoms with Crippen molar-refractivity contribution >= 4 is 23.1 Å². The van der Waals surface area contributed by atoms with Crippen molar-refractivity contribution in [1.82, 2.24) is 0 Å². The Morgan fingerprint density at radius 3 is 2.14 bits per heavy atom. The minimum Gasteiger partial charge on any atom is -0.457 e. The maximum Gasteiger partial charge on any atom is 0.127 e. The monoisotopic (exact) mass is 395 g/mol. The number of benzene rings is 4. The molecule has 2 nitrogen and oxygen atoms in total. The van der Waals surface area contributed by atoms with Crippen LogP contribution in [0.4, 0.5) is 11.4 Å². The van der Waals surface area contributed by atoms with Gasteiger partial charge in [0.05, 0.1) is 11.4 Å². The molecule has 0 bridgehead atoms. The predicted molar refractivity (Wildman–Crippen MR) is 121 cm³/mol. The molecule has 142 valence electrons. The first kappa shape index (κ1) is 17.9. The Morgan fingerprint density at radius 1 is 0.655 bits per heavy atom. The zero-order chi connectivity index (χ0) is 19.6. The average molecular weight is 396 g/mol. The average Bonchev–Trinajstić information content (AvgIpc) is 2.78. The highest BCUT2D eigenvalue weighted by Gasteiger charge is 2.17. The van der Waals surface area contributed by atoms with E-state index in [1.165, 1.54) is 32.3 Å². The summed E-state index contributed by atoms with van der Waals surface area (Å²) in [6.07, 6.45) is 0. The first-order valence-electron chi connectivity index (χ1n) is 9.77. The lowest BCUT2D eigenvalue weighted by Gasteiger charge is -2.22. The third-order valence-corrected chi connectivity index (χ3v) is 6.39. The molecule has 0 fully saturated rings. The Hall–Kier alpha value is -3.17. The van der Waals surface area contributed by atoms with Gasteiger partial charge < -0.3 is 10.1 Å². The smallest absolute Gasteiger partial charge is 0.127 e. The first-order chi connectivity index (χ1) is 14.3. The molecule has 0 saturated heterocycles. The van der Waals surface area contributed by atoms with E-state index in [0.717, 1.165) is 11.5 Å². The number of hydrogen-bond donors (Lipinski definition) is 1. The second kappa shape index (κ2) is 7.69. The fourth-order valence-corrected chi connectivity index (χ4v) is 4.54. The minimum atomic E-state index is 0.301. The van der Waals surface area contributed by atoms with Gasteiger partial charge in [-0.2, -0.15) is 0 Å². The van der Waals surface area contributed by atoms with Gasteiger partial charge in [-0.05, 0) is 59.7 Å². The Labute approximate surface area is 175 Å². The van der Waals surface area contributed by atoms with Crippen LogP contribution in [0.1, 0.15) is 24.0 Å². The molecule has 1 unspecified atom stereocenters. The van der Waals surface area contributed by atoms with E-state index < -0.39 is 0 Å². The second-order valence-electron chi connectivity index (χ2n) is 7.18. The summed E-state index contributed by atoms with van der Waals surface area (Å²) in [6.45, 7) is 2.25. The van der Waals surface area contributed by atoms with Gasteiger partial charge in [-0.1, -0.05) is 67.2 Å². The molecule has 1 atom stereocenters. The van der Waals surface area contributed by atoms with Crippen molar-refractivity contribution in [1.29, 1.82) is 0 Å². The van der Waals surface area contributed by atoms with Gasteiger partial charge in [-0.15, -0.1) is 0 Å². The summed E-state index contributed by atoms with van der Waals surface area (Å²) in [5.41, 5.74) is 4.93. The van der Waals surface area contributed by atoms with Gasteiger partial charge in [0.1, 0.15) is 11.5 Å². The van der Waals surface area contributed by atoms with Crippen LogP contribution in [0, 0.1) is 0 Å². The van der Waals surface area contributed by atoms with Crippen molar-refractivity contribution in [2.45, 2.75) is 22.6 Å². The molecule has 0 radical (unpaired) electrons. The second-order valence-corrected chi connectivity index (χ2v) is 8.27. The Balaban J connectivity index is 1.35. The van der Waals surface area contributed by atoms with Crippen molar-refractivity contribution in [2.75, 3.05) is 5.32 Å². The molecule has 0 amide bonds. The van der Waals surface area contributed by atoms with E-state index >= 15 is 0 Å². The van der Waals surface area contributed by atoms with Crippen molar-refractivity contribution in [3.05, 3.63) is 108 Å². The van der Waals surface area contributed by atoms with Crippen LogP contribution < -0.4 is 10.1 Å². The van der Waals surface area contributed by atoms with Crippen LogP contribution in [-0.2, 0) is 0 Å². The summed E-state index contributed by atoms with van der Waals surface area (Å²) in [5.74, 6) is 2.01. The Kier molecular flexibility index (Phi) is 4.74. The fourth-order valence-electron chi connectivity index (χ4n) is 3.57. The third kappa shape index (κ3) is 3.74. The molecular formula is C26H21NOS. The lowest BCUT2D eigenvalue weighted by Crippen LogP contribution is -2.02. The van der Waals surface area contributed by atoms with Crippen LogP contribution in [0.2, 0.25) is 0 Å². The van der Waals surface area contributed by atoms with Gasteiger partial charge in [0.25, 0.3) is 0 Å². The van der Waals surface area contributed by atoms with Crippen LogP contribution in [0.15, 0.2) is 107 Å². The topological polar surface area (TPSA) is 21.3 Å². The van der Waals surface area contributed by atoms with Crippen molar-refractivity contribution < 1.29 is 4.74 Å². The highest BCUT2D eigenvalue weighted by Crippen LogP contribution is 2.45. The summed E-state index contributed by atoms with van der Waals surface area (Å²) in [5, 5.41) is 3.58. The molecule has 4 aromatic rings. The van der Waals surface area contributed by atoms with E-state index in [1.54, 1.807) is 0 Å². The number of rotatable bonds is 4. The summed E-state index contributed by atoms with van der Waals surface area (Å²) < 4.78 is 5.91. The van der Waals surface area contributed by atoms with Gasteiger partial charge in [0.2, 0.25) is 0 Å². The van der Waals surface area contributed by atoms with E-state index in [0.29, 0.717) is 5.92 Å². The third-order valence-electron chi connectivity index (χ3n) is 5.24. The van der Waals surface area contributed by atoms with E-state index in [-0.39, 0.29) is 0 Å². The maximum atomic E-state index is 5.91. The lowest BCUT2D eigenvalue weighted by molar-refractivity contribution is 0.482. The Morgan fingerprint density at radius 2 is 1.31 bits per heavy atom. The highest BCUT2D eigenvalue weighted by molar-refractivity contribution is 7.99. The summed E-state index contributed by atoms with van der Waals surface area (Å²) >= 11 is 1.82. The normalized spacial score (nSPS) is 13.0. The number of anilines is 2. The molecule has 1 heterocycles. The van der Waals surface area contributed by atoms with Crippen molar-refractivity contribution in [2.24, 2.45) is 0 Å². The van der Waals surface area contributed by atoms with E-state index in [9.17, 15) is 0 Å². The zero-order valence-corrected chi connectivity index (χ0v) is 16.9. The predicted octanol–water partition coefficient (Wildman–Crippen LogP) is 7.84. The standard InChI is InChI=1S/C26H21NOS/c1-18(19-11-14-22(15-12-19)28-21-7-3-2-4-8-21)20-13-16-26-24(17-20)27-23-9-5-6-10-25(23)29-26/h2-18,27H,1H3. The molecule has 1 aliphatic rings.